The summed E-state index contributed by atoms with van der Waals surface area (Å²) in [6.07, 6.45) is 7.25. The van der Waals surface area contributed by atoms with E-state index >= 15 is 0 Å². The number of carbonyl (C=O) groups excluding carboxylic acids is 1. The monoisotopic (exact) mass is 193 g/mol. The van der Waals surface area contributed by atoms with E-state index < -0.39 is 0 Å². The summed E-state index contributed by atoms with van der Waals surface area (Å²) in [6, 6.07) is 0. The van der Waals surface area contributed by atoms with Crippen LogP contribution in [0.25, 0.3) is 6.08 Å². The molecule has 0 aliphatic heterocycles. The zero-order valence-electron chi connectivity index (χ0n) is 8.60. The third kappa shape index (κ3) is 3.51. The van der Waals surface area contributed by atoms with Crippen molar-refractivity contribution in [1.29, 1.82) is 0 Å². The number of allylic oxidation sites excluding steroid dienone is 1. The molecule has 0 radical (unpaired) electrons. The highest BCUT2D eigenvalue weighted by molar-refractivity contribution is 5.91. The SMILES string of the molecule is CCCCn1cc(/C=C/C(C)=O)nn1. The van der Waals surface area contributed by atoms with Crippen molar-refractivity contribution in [1.82, 2.24) is 15.0 Å². The fourth-order valence-electron chi connectivity index (χ4n) is 1.02. The van der Waals surface area contributed by atoms with E-state index in [4.69, 9.17) is 0 Å². The fraction of sp³-hybridized carbons (Fsp3) is 0.500. The van der Waals surface area contributed by atoms with E-state index in [0.29, 0.717) is 0 Å². The normalized spacial score (nSPS) is 11.0. The van der Waals surface area contributed by atoms with E-state index in [1.807, 2.05) is 6.20 Å². The minimum atomic E-state index is 0.0214. The van der Waals surface area contributed by atoms with Crippen molar-refractivity contribution in [3.8, 4) is 0 Å². The quantitative estimate of drug-likeness (QED) is 0.668. The number of carbonyl (C=O) groups is 1. The Balaban J connectivity index is 2.54. The van der Waals surface area contributed by atoms with Crippen LogP contribution in [0, 0.1) is 0 Å². The Kier molecular flexibility index (Phi) is 4.04. The van der Waals surface area contributed by atoms with Gasteiger partial charge in [-0.2, -0.15) is 0 Å². The highest BCUT2D eigenvalue weighted by Crippen LogP contribution is 1.98. The summed E-state index contributed by atoms with van der Waals surface area (Å²) in [5.41, 5.74) is 0.733. The van der Waals surface area contributed by atoms with Gasteiger partial charge < -0.3 is 0 Å². The smallest absolute Gasteiger partial charge is 0.152 e. The lowest BCUT2D eigenvalue weighted by Crippen LogP contribution is -1.97. The Morgan fingerprint density at radius 3 is 3.07 bits per heavy atom. The van der Waals surface area contributed by atoms with Gasteiger partial charge in [-0.25, -0.2) is 0 Å². The molecule has 0 amide bonds. The Hall–Kier alpha value is -1.45. The van der Waals surface area contributed by atoms with Gasteiger partial charge in [0, 0.05) is 6.54 Å². The van der Waals surface area contributed by atoms with Crippen LogP contribution in [0.4, 0.5) is 0 Å². The van der Waals surface area contributed by atoms with Crippen molar-refractivity contribution in [2.75, 3.05) is 0 Å². The molecule has 0 aromatic carbocycles. The molecule has 76 valence electrons. The van der Waals surface area contributed by atoms with E-state index in [1.165, 1.54) is 13.0 Å². The lowest BCUT2D eigenvalue weighted by molar-refractivity contribution is -0.112. The molecule has 0 aliphatic carbocycles. The lowest BCUT2D eigenvalue weighted by Gasteiger charge is -1.94. The van der Waals surface area contributed by atoms with Gasteiger partial charge in [0.1, 0.15) is 5.69 Å². The van der Waals surface area contributed by atoms with E-state index in [9.17, 15) is 4.79 Å². The van der Waals surface area contributed by atoms with Gasteiger partial charge in [0.2, 0.25) is 0 Å². The van der Waals surface area contributed by atoms with Crippen molar-refractivity contribution >= 4 is 11.9 Å². The molecular weight excluding hydrogens is 178 g/mol. The van der Waals surface area contributed by atoms with Crippen LogP contribution in [-0.2, 0) is 11.3 Å². The molecule has 0 saturated heterocycles. The first-order valence-electron chi connectivity index (χ1n) is 4.81. The first-order chi connectivity index (χ1) is 6.72. The Morgan fingerprint density at radius 2 is 2.43 bits per heavy atom. The number of unbranched alkanes of at least 4 members (excludes halogenated alkanes) is 1. The Morgan fingerprint density at radius 1 is 1.64 bits per heavy atom. The molecule has 1 aromatic rings. The highest BCUT2D eigenvalue weighted by Gasteiger charge is 1.96. The standard InChI is InChI=1S/C10H15N3O/c1-3-4-7-13-8-10(11-12-13)6-5-9(2)14/h5-6,8H,3-4,7H2,1-2H3/b6-5+. The second-order valence-electron chi connectivity index (χ2n) is 3.20. The average molecular weight is 193 g/mol. The summed E-state index contributed by atoms with van der Waals surface area (Å²) in [5, 5.41) is 7.85. The molecule has 0 spiro atoms. The minimum absolute atomic E-state index is 0.0214. The number of hydrogen-bond acceptors (Lipinski definition) is 3. The zero-order chi connectivity index (χ0) is 10.4. The first-order valence-corrected chi connectivity index (χ1v) is 4.81. The van der Waals surface area contributed by atoms with Crippen molar-refractivity contribution in [2.45, 2.75) is 33.2 Å². The van der Waals surface area contributed by atoms with Gasteiger partial charge in [-0.3, -0.25) is 9.48 Å². The predicted octanol–water partition coefficient (Wildman–Crippen LogP) is 1.68. The zero-order valence-corrected chi connectivity index (χ0v) is 8.60. The van der Waals surface area contributed by atoms with E-state index in [1.54, 1.807) is 10.8 Å². The van der Waals surface area contributed by atoms with Gasteiger partial charge in [-0.15, -0.1) is 5.10 Å². The van der Waals surface area contributed by atoms with E-state index in [2.05, 4.69) is 17.2 Å². The predicted molar refractivity (Wildman–Crippen MR) is 54.6 cm³/mol. The largest absolute Gasteiger partial charge is 0.295 e. The number of rotatable bonds is 5. The number of ketones is 1. The Bertz CT molecular complexity index is 328. The third-order valence-corrected chi connectivity index (χ3v) is 1.79. The number of aryl methyl sites for hydroxylation is 1. The van der Waals surface area contributed by atoms with Crippen molar-refractivity contribution in [3.63, 3.8) is 0 Å². The molecule has 1 rings (SSSR count). The van der Waals surface area contributed by atoms with Crippen molar-refractivity contribution in [3.05, 3.63) is 18.0 Å². The molecule has 14 heavy (non-hydrogen) atoms. The second-order valence-corrected chi connectivity index (χ2v) is 3.20. The van der Waals surface area contributed by atoms with Crippen LogP contribution in [-0.4, -0.2) is 20.8 Å². The number of hydrogen-bond donors (Lipinski definition) is 0. The Labute approximate surface area is 83.6 Å². The molecule has 1 aromatic heterocycles. The summed E-state index contributed by atoms with van der Waals surface area (Å²) in [7, 11) is 0. The maximum absolute atomic E-state index is 10.7. The van der Waals surface area contributed by atoms with Crippen LogP contribution < -0.4 is 0 Å². The molecule has 0 saturated carbocycles. The molecule has 1 heterocycles. The van der Waals surface area contributed by atoms with Gasteiger partial charge in [-0.05, 0) is 25.5 Å². The summed E-state index contributed by atoms with van der Waals surface area (Å²) in [4.78, 5) is 10.7. The van der Waals surface area contributed by atoms with E-state index in [-0.39, 0.29) is 5.78 Å². The van der Waals surface area contributed by atoms with Crippen molar-refractivity contribution in [2.24, 2.45) is 0 Å². The van der Waals surface area contributed by atoms with Gasteiger partial charge in [0.25, 0.3) is 0 Å². The van der Waals surface area contributed by atoms with Crippen LogP contribution in [0.3, 0.4) is 0 Å². The fourth-order valence-corrected chi connectivity index (χ4v) is 1.02. The summed E-state index contributed by atoms with van der Waals surface area (Å²) in [5.74, 6) is 0.0214. The summed E-state index contributed by atoms with van der Waals surface area (Å²) >= 11 is 0. The van der Waals surface area contributed by atoms with Crippen LogP contribution in [0.2, 0.25) is 0 Å². The summed E-state index contributed by atoms with van der Waals surface area (Å²) in [6.45, 7) is 4.53. The topological polar surface area (TPSA) is 47.8 Å². The van der Waals surface area contributed by atoms with E-state index in [0.717, 1.165) is 25.1 Å². The van der Waals surface area contributed by atoms with Crippen LogP contribution >= 0.6 is 0 Å². The van der Waals surface area contributed by atoms with Crippen LogP contribution in [0.1, 0.15) is 32.4 Å². The average Bonchev–Trinajstić information content (AvgIpc) is 2.59. The third-order valence-electron chi connectivity index (χ3n) is 1.79. The van der Waals surface area contributed by atoms with Crippen molar-refractivity contribution < 1.29 is 4.79 Å². The second kappa shape index (κ2) is 5.32. The molecule has 4 nitrogen and oxygen atoms in total. The molecule has 0 atom stereocenters. The molecule has 0 N–H and O–H groups in total. The van der Waals surface area contributed by atoms with Gasteiger partial charge in [0.05, 0.1) is 6.20 Å². The van der Waals surface area contributed by atoms with Gasteiger partial charge >= 0.3 is 0 Å². The molecule has 0 bridgehead atoms. The number of nitrogens with zero attached hydrogens (tertiary/aromatic N) is 3. The first kappa shape index (κ1) is 10.6. The summed E-state index contributed by atoms with van der Waals surface area (Å²) < 4.78 is 1.79. The molecule has 0 unspecified atom stereocenters. The lowest BCUT2D eigenvalue weighted by atomic mass is 10.3. The number of aromatic nitrogens is 3. The van der Waals surface area contributed by atoms with Gasteiger partial charge in [-0.1, -0.05) is 18.6 Å². The molecule has 0 fully saturated rings. The molecule has 4 heteroatoms. The molecular formula is C10H15N3O. The van der Waals surface area contributed by atoms with Crippen LogP contribution in [0.15, 0.2) is 12.3 Å². The van der Waals surface area contributed by atoms with Crippen LogP contribution in [0.5, 0.6) is 0 Å². The molecule has 0 aliphatic rings. The maximum atomic E-state index is 10.7. The maximum Gasteiger partial charge on any atom is 0.152 e. The minimum Gasteiger partial charge on any atom is -0.295 e. The highest BCUT2D eigenvalue weighted by atomic mass is 16.1. The van der Waals surface area contributed by atoms with Gasteiger partial charge in [0.15, 0.2) is 5.78 Å².